The molecule has 3 nitrogen and oxygen atoms in total. The van der Waals surface area contributed by atoms with Gasteiger partial charge in [0.15, 0.2) is 0 Å². The molecule has 0 bridgehead atoms. The maximum atomic E-state index is 9.38. The van der Waals surface area contributed by atoms with Crippen LogP contribution in [0.3, 0.4) is 0 Å². The third kappa shape index (κ3) is 6.41. The highest BCUT2D eigenvalue weighted by atomic mass is 32.2. The number of likely N-dealkylation sites (N-methyl/N-ethyl adjacent to an activating group) is 1. The third-order valence-corrected chi connectivity index (χ3v) is 4.73. The van der Waals surface area contributed by atoms with Crippen molar-refractivity contribution in [3.8, 4) is 0 Å². The van der Waals surface area contributed by atoms with Crippen LogP contribution in [0.25, 0.3) is 0 Å². The molecule has 4 heteroatoms. The SMILES string of the molecule is CCNC(C)(CO)CCCCSCC1CCCO1. The van der Waals surface area contributed by atoms with Crippen molar-refractivity contribution in [2.45, 2.75) is 57.6 Å². The van der Waals surface area contributed by atoms with Crippen LogP contribution in [-0.2, 0) is 4.74 Å². The zero-order valence-electron chi connectivity index (χ0n) is 11.9. The Hall–Kier alpha value is 0.230. The molecule has 108 valence electrons. The minimum Gasteiger partial charge on any atom is -0.394 e. The third-order valence-electron chi connectivity index (χ3n) is 3.55. The molecule has 2 atom stereocenters. The summed E-state index contributed by atoms with van der Waals surface area (Å²) < 4.78 is 5.60. The fourth-order valence-corrected chi connectivity index (χ4v) is 3.46. The summed E-state index contributed by atoms with van der Waals surface area (Å²) in [5, 5.41) is 12.7. The number of nitrogens with one attached hydrogen (secondary N) is 1. The predicted molar refractivity (Wildman–Crippen MR) is 79.3 cm³/mol. The van der Waals surface area contributed by atoms with Crippen LogP contribution in [0.1, 0.15) is 46.0 Å². The van der Waals surface area contributed by atoms with Crippen molar-refractivity contribution in [3.63, 3.8) is 0 Å². The highest BCUT2D eigenvalue weighted by Crippen LogP contribution is 2.19. The summed E-state index contributed by atoms with van der Waals surface area (Å²) in [5.41, 5.74) is -0.0893. The Balaban J connectivity index is 1.96. The van der Waals surface area contributed by atoms with Crippen LogP contribution >= 0.6 is 11.8 Å². The molecular weight excluding hydrogens is 246 g/mol. The molecule has 0 radical (unpaired) electrons. The topological polar surface area (TPSA) is 41.5 Å². The van der Waals surface area contributed by atoms with E-state index >= 15 is 0 Å². The summed E-state index contributed by atoms with van der Waals surface area (Å²) in [6.45, 7) is 6.30. The summed E-state index contributed by atoms with van der Waals surface area (Å²) in [7, 11) is 0. The number of hydrogen-bond acceptors (Lipinski definition) is 4. The smallest absolute Gasteiger partial charge is 0.0666 e. The number of aliphatic hydroxyl groups excluding tert-OH is 1. The van der Waals surface area contributed by atoms with Gasteiger partial charge in [-0.3, -0.25) is 0 Å². The number of hydrogen-bond donors (Lipinski definition) is 2. The van der Waals surface area contributed by atoms with Crippen LogP contribution in [0.4, 0.5) is 0 Å². The van der Waals surface area contributed by atoms with E-state index in [-0.39, 0.29) is 12.1 Å². The molecule has 0 amide bonds. The lowest BCUT2D eigenvalue weighted by Gasteiger charge is -2.28. The molecule has 0 aromatic rings. The molecule has 2 N–H and O–H groups in total. The van der Waals surface area contributed by atoms with Crippen molar-refractivity contribution in [1.29, 1.82) is 0 Å². The van der Waals surface area contributed by atoms with E-state index < -0.39 is 0 Å². The zero-order chi connectivity index (χ0) is 13.3. The van der Waals surface area contributed by atoms with E-state index in [1.165, 1.54) is 31.4 Å². The molecule has 1 saturated heterocycles. The molecule has 1 rings (SSSR count). The first kappa shape index (κ1) is 16.3. The first-order chi connectivity index (χ1) is 8.70. The average Bonchev–Trinajstić information content (AvgIpc) is 2.87. The second kappa shape index (κ2) is 9.18. The maximum absolute atomic E-state index is 9.38. The van der Waals surface area contributed by atoms with Crippen molar-refractivity contribution in [1.82, 2.24) is 5.32 Å². The van der Waals surface area contributed by atoms with Gasteiger partial charge in [0.05, 0.1) is 12.7 Å². The standard InChI is InChI=1S/C14H29NO2S/c1-3-15-14(2,12-16)8-4-5-10-18-11-13-7-6-9-17-13/h13,15-16H,3-12H2,1-2H3. The molecule has 1 aliphatic rings. The van der Waals surface area contributed by atoms with Gasteiger partial charge < -0.3 is 15.2 Å². The number of ether oxygens (including phenoxy) is 1. The van der Waals surface area contributed by atoms with E-state index in [1.54, 1.807) is 0 Å². The number of thioether (sulfide) groups is 1. The van der Waals surface area contributed by atoms with Gasteiger partial charge in [-0.1, -0.05) is 13.3 Å². The molecule has 0 spiro atoms. The van der Waals surface area contributed by atoms with E-state index in [4.69, 9.17) is 4.74 Å². The summed E-state index contributed by atoms with van der Waals surface area (Å²) in [4.78, 5) is 0. The highest BCUT2D eigenvalue weighted by Gasteiger charge is 2.20. The summed E-state index contributed by atoms with van der Waals surface area (Å²) >= 11 is 2.01. The van der Waals surface area contributed by atoms with Crippen molar-refractivity contribution in [3.05, 3.63) is 0 Å². The molecule has 0 saturated carbocycles. The van der Waals surface area contributed by atoms with Gasteiger partial charge in [0, 0.05) is 17.9 Å². The van der Waals surface area contributed by atoms with Crippen molar-refractivity contribution < 1.29 is 9.84 Å². The van der Waals surface area contributed by atoms with E-state index in [0.29, 0.717) is 6.10 Å². The molecule has 18 heavy (non-hydrogen) atoms. The quantitative estimate of drug-likeness (QED) is 0.601. The van der Waals surface area contributed by atoms with E-state index in [9.17, 15) is 5.11 Å². The predicted octanol–water partition coefficient (Wildman–Crippen LogP) is 2.43. The average molecular weight is 275 g/mol. The number of rotatable bonds is 10. The monoisotopic (exact) mass is 275 g/mol. The lowest BCUT2D eigenvalue weighted by atomic mass is 9.96. The Bertz CT molecular complexity index is 210. The first-order valence-electron chi connectivity index (χ1n) is 7.25. The van der Waals surface area contributed by atoms with E-state index in [1.807, 2.05) is 11.8 Å². The van der Waals surface area contributed by atoms with E-state index in [2.05, 4.69) is 19.2 Å². The van der Waals surface area contributed by atoms with Gasteiger partial charge >= 0.3 is 0 Å². The molecule has 0 aromatic carbocycles. The first-order valence-corrected chi connectivity index (χ1v) is 8.41. The largest absolute Gasteiger partial charge is 0.394 e. The molecule has 1 aliphatic heterocycles. The normalized spacial score (nSPS) is 23.2. The Morgan fingerprint density at radius 2 is 2.28 bits per heavy atom. The van der Waals surface area contributed by atoms with Crippen LogP contribution in [0.5, 0.6) is 0 Å². The van der Waals surface area contributed by atoms with Crippen molar-refractivity contribution in [2.75, 3.05) is 31.3 Å². The van der Waals surface area contributed by atoms with Gasteiger partial charge in [-0.25, -0.2) is 0 Å². The fraction of sp³-hybridized carbons (Fsp3) is 1.00. The van der Waals surface area contributed by atoms with Crippen LogP contribution < -0.4 is 5.32 Å². The molecular formula is C14H29NO2S. The van der Waals surface area contributed by atoms with Gasteiger partial charge in [-0.05, 0) is 44.9 Å². The summed E-state index contributed by atoms with van der Waals surface area (Å²) in [5.74, 6) is 2.37. The molecule has 2 unspecified atom stereocenters. The lowest BCUT2D eigenvalue weighted by Crippen LogP contribution is -2.45. The fourth-order valence-electron chi connectivity index (χ4n) is 2.36. The van der Waals surface area contributed by atoms with Crippen LogP contribution in [-0.4, -0.2) is 48.0 Å². The minimum atomic E-state index is -0.0893. The highest BCUT2D eigenvalue weighted by molar-refractivity contribution is 7.99. The van der Waals surface area contributed by atoms with Gasteiger partial charge in [-0.2, -0.15) is 11.8 Å². The summed E-state index contributed by atoms with van der Waals surface area (Å²) in [6.07, 6.45) is 6.47. The lowest BCUT2D eigenvalue weighted by molar-refractivity contribution is 0.129. The molecule has 0 aliphatic carbocycles. The molecule has 1 fully saturated rings. The van der Waals surface area contributed by atoms with Gasteiger partial charge in [0.1, 0.15) is 0 Å². The second-order valence-electron chi connectivity index (χ2n) is 5.42. The van der Waals surface area contributed by atoms with Gasteiger partial charge in [-0.15, -0.1) is 0 Å². The van der Waals surface area contributed by atoms with Crippen LogP contribution in [0, 0.1) is 0 Å². The Kier molecular flexibility index (Phi) is 8.31. The number of unbranched alkanes of at least 4 members (excludes halogenated alkanes) is 1. The Morgan fingerprint density at radius 3 is 2.89 bits per heavy atom. The maximum Gasteiger partial charge on any atom is 0.0666 e. The van der Waals surface area contributed by atoms with Crippen molar-refractivity contribution >= 4 is 11.8 Å². The van der Waals surface area contributed by atoms with Gasteiger partial charge in [0.25, 0.3) is 0 Å². The molecule has 0 aromatic heterocycles. The Morgan fingerprint density at radius 1 is 1.44 bits per heavy atom. The Labute approximate surface area is 116 Å². The van der Waals surface area contributed by atoms with Crippen molar-refractivity contribution in [2.24, 2.45) is 0 Å². The summed E-state index contributed by atoms with van der Waals surface area (Å²) in [6, 6.07) is 0. The number of aliphatic hydroxyl groups is 1. The van der Waals surface area contributed by atoms with Gasteiger partial charge in [0.2, 0.25) is 0 Å². The van der Waals surface area contributed by atoms with Crippen LogP contribution in [0.2, 0.25) is 0 Å². The minimum absolute atomic E-state index is 0.0893. The van der Waals surface area contributed by atoms with Crippen LogP contribution in [0.15, 0.2) is 0 Å². The zero-order valence-corrected chi connectivity index (χ0v) is 12.7. The second-order valence-corrected chi connectivity index (χ2v) is 6.57. The molecule has 1 heterocycles. The van der Waals surface area contributed by atoms with E-state index in [0.717, 1.165) is 25.3 Å².